The molecule has 0 radical (unpaired) electrons. The van der Waals surface area contributed by atoms with Gasteiger partial charge < -0.3 is 15.6 Å². The molecular weight excluding hydrogens is 367 g/mol. The van der Waals surface area contributed by atoms with E-state index in [1.54, 1.807) is 0 Å². The molecule has 0 aliphatic heterocycles. The van der Waals surface area contributed by atoms with Crippen LogP contribution in [0.25, 0.3) is 0 Å². The summed E-state index contributed by atoms with van der Waals surface area (Å²) in [7, 11) is 0. The third-order valence-electron chi connectivity index (χ3n) is 4.77. The van der Waals surface area contributed by atoms with Gasteiger partial charge in [-0.25, -0.2) is 0 Å². The average molecular weight is 407 g/mol. The molecule has 158 valence electrons. The van der Waals surface area contributed by atoms with Crippen LogP contribution in [0.3, 0.4) is 0 Å². The van der Waals surface area contributed by atoms with Crippen molar-refractivity contribution in [1.29, 1.82) is 0 Å². The van der Waals surface area contributed by atoms with Crippen molar-refractivity contribution in [3.63, 3.8) is 0 Å². The molecule has 28 heavy (non-hydrogen) atoms. The SMILES string of the molecule is CCCCCCCCCCCCCCCC(=O)NC(=O)CCC(N)C(=O)[O-].[Na+]. The Hall–Kier alpha value is -0.430. The summed E-state index contributed by atoms with van der Waals surface area (Å²) in [6.07, 6.45) is 16.4. The number of hydrogen-bond acceptors (Lipinski definition) is 5. The monoisotopic (exact) mass is 406 g/mol. The molecule has 1 atom stereocenters. The second-order valence-corrected chi connectivity index (χ2v) is 7.43. The van der Waals surface area contributed by atoms with Crippen molar-refractivity contribution < 1.29 is 49.0 Å². The molecule has 0 rings (SSSR count). The molecule has 0 spiro atoms. The van der Waals surface area contributed by atoms with E-state index in [0.717, 1.165) is 19.3 Å². The number of rotatable bonds is 18. The number of hydrogen-bond donors (Lipinski definition) is 2. The Morgan fingerprint density at radius 2 is 1.14 bits per heavy atom. The van der Waals surface area contributed by atoms with Gasteiger partial charge in [0.2, 0.25) is 11.8 Å². The van der Waals surface area contributed by atoms with E-state index in [9.17, 15) is 19.5 Å². The predicted molar refractivity (Wildman–Crippen MR) is 106 cm³/mol. The van der Waals surface area contributed by atoms with Gasteiger partial charge in [0.1, 0.15) is 0 Å². The van der Waals surface area contributed by atoms with Gasteiger partial charge in [-0.2, -0.15) is 0 Å². The fourth-order valence-electron chi connectivity index (χ4n) is 2.99. The van der Waals surface area contributed by atoms with E-state index in [1.165, 1.54) is 64.2 Å². The van der Waals surface area contributed by atoms with Crippen molar-refractivity contribution in [1.82, 2.24) is 5.32 Å². The molecular formula is C21H39N2NaO4. The molecule has 0 bridgehead atoms. The second kappa shape index (κ2) is 21.3. The standard InChI is InChI=1S/C21H40N2O4.Na/c1-2-3-4-5-6-7-8-9-10-11-12-13-14-15-19(24)23-20(25)17-16-18(22)21(26)27;/h18H,2-17,22H2,1H3,(H,26,27)(H,23,24,25);/q;+1/p-1. The Balaban J connectivity index is 0. The molecule has 3 N–H and O–H groups in total. The number of imide groups is 1. The van der Waals surface area contributed by atoms with Gasteiger partial charge in [0.05, 0.1) is 5.97 Å². The summed E-state index contributed by atoms with van der Waals surface area (Å²) in [6.45, 7) is 2.24. The number of nitrogens with two attached hydrogens (primary N) is 1. The molecule has 0 fully saturated rings. The minimum absolute atomic E-state index is 0. The zero-order valence-corrected chi connectivity index (χ0v) is 20.1. The number of carbonyl (C=O) groups excluding carboxylic acids is 3. The zero-order chi connectivity index (χ0) is 20.3. The molecule has 0 aromatic carbocycles. The number of carbonyl (C=O) groups is 3. The number of carboxylic acid groups (broad SMARTS) is 1. The molecule has 1 unspecified atom stereocenters. The third kappa shape index (κ3) is 20.3. The molecule has 7 heteroatoms. The molecule has 0 aliphatic rings. The molecule has 0 saturated heterocycles. The summed E-state index contributed by atoms with van der Waals surface area (Å²) in [5.41, 5.74) is 5.26. The first-order chi connectivity index (χ1) is 13.0. The number of carboxylic acids is 1. The van der Waals surface area contributed by atoms with Gasteiger partial charge in [0, 0.05) is 18.9 Å². The Morgan fingerprint density at radius 1 is 0.750 bits per heavy atom. The predicted octanol–water partition coefficient (Wildman–Crippen LogP) is -0.0281. The van der Waals surface area contributed by atoms with E-state index in [1.807, 2.05) is 0 Å². The molecule has 0 aliphatic carbocycles. The van der Waals surface area contributed by atoms with E-state index in [0.29, 0.717) is 6.42 Å². The molecule has 0 heterocycles. The smallest absolute Gasteiger partial charge is 0.548 e. The van der Waals surface area contributed by atoms with Gasteiger partial charge >= 0.3 is 29.6 Å². The molecule has 2 amide bonds. The van der Waals surface area contributed by atoms with Gasteiger partial charge in [-0.05, 0) is 12.8 Å². The maximum atomic E-state index is 11.6. The van der Waals surface area contributed by atoms with Crippen LogP contribution in [0.1, 0.15) is 110 Å². The molecule has 0 aromatic heterocycles. The van der Waals surface area contributed by atoms with Crippen LogP contribution < -0.4 is 45.7 Å². The van der Waals surface area contributed by atoms with Gasteiger partial charge in [-0.1, -0.05) is 84.0 Å². The summed E-state index contributed by atoms with van der Waals surface area (Å²) >= 11 is 0. The van der Waals surface area contributed by atoms with Crippen LogP contribution in [0.15, 0.2) is 0 Å². The second-order valence-electron chi connectivity index (χ2n) is 7.43. The number of unbranched alkanes of at least 4 members (excludes halogenated alkanes) is 12. The van der Waals surface area contributed by atoms with E-state index in [2.05, 4.69) is 12.2 Å². The normalized spacial score (nSPS) is 11.5. The molecule has 6 nitrogen and oxygen atoms in total. The minimum Gasteiger partial charge on any atom is -0.548 e. The van der Waals surface area contributed by atoms with Crippen LogP contribution in [-0.4, -0.2) is 23.8 Å². The van der Waals surface area contributed by atoms with Crippen molar-refractivity contribution in [3.05, 3.63) is 0 Å². The Morgan fingerprint density at radius 3 is 1.57 bits per heavy atom. The van der Waals surface area contributed by atoms with Crippen LogP contribution >= 0.6 is 0 Å². The van der Waals surface area contributed by atoms with Gasteiger partial charge in [-0.3, -0.25) is 14.9 Å². The first kappa shape index (κ1) is 29.8. The number of amides is 2. The first-order valence-corrected chi connectivity index (χ1v) is 10.8. The van der Waals surface area contributed by atoms with Crippen molar-refractivity contribution in [2.45, 2.75) is 116 Å². The van der Waals surface area contributed by atoms with Gasteiger partial charge in [0.25, 0.3) is 0 Å². The quantitative estimate of drug-likeness (QED) is 0.245. The maximum absolute atomic E-state index is 11.6. The number of nitrogens with one attached hydrogen (secondary N) is 1. The minimum atomic E-state index is -1.39. The van der Waals surface area contributed by atoms with Crippen molar-refractivity contribution >= 4 is 17.8 Å². The van der Waals surface area contributed by atoms with Crippen molar-refractivity contribution in [2.24, 2.45) is 5.73 Å². The summed E-state index contributed by atoms with van der Waals surface area (Å²) in [4.78, 5) is 33.6. The van der Waals surface area contributed by atoms with Gasteiger partial charge in [0.15, 0.2) is 0 Å². The summed E-state index contributed by atoms with van der Waals surface area (Å²) in [5, 5.41) is 12.7. The maximum Gasteiger partial charge on any atom is 1.00 e. The average Bonchev–Trinajstić information content (AvgIpc) is 2.63. The largest absolute Gasteiger partial charge is 1.00 e. The molecule has 0 saturated carbocycles. The van der Waals surface area contributed by atoms with Crippen LogP contribution in [0.2, 0.25) is 0 Å². The van der Waals surface area contributed by atoms with Gasteiger partial charge in [-0.15, -0.1) is 0 Å². The molecule has 0 aromatic rings. The zero-order valence-electron chi connectivity index (χ0n) is 18.1. The topological polar surface area (TPSA) is 112 Å². The van der Waals surface area contributed by atoms with Crippen LogP contribution in [0.5, 0.6) is 0 Å². The summed E-state index contributed by atoms with van der Waals surface area (Å²) in [6, 6.07) is -1.17. The van der Waals surface area contributed by atoms with E-state index in [4.69, 9.17) is 5.73 Å². The van der Waals surface area contributed by atoms with Crippen LogP contribution in [0, 0.1) is 0 Å². The van der Waals surface area contributed by atoms with E-state index in [-0.39, 0.29) is 48.3 Å². The van der Waals surface area contributed by atoms with Crippen molar-refractivity contribution in [3.8, 4) is 0 Å². The summed E-state index contributed by atoms with van der Waals surface area (Å²) in [5.74, 6) is -2.17. The number of aliphatic carboxylic acids is 1. The van der Waals surface area contributed by atoms with Crippen LogP contribution in [-0.2, 0) is 14.4 Å². The summed E-state index contributed by atoms with van der Waals surface area (Å²) < 4.78 is 0. The third-order valence-corrected chi connectivity index (χ3v) is 4.77. The van der Waals surface area contributed by atoms with Crippen LogP contribution in [0.4, 0.5) is 0 Å². The fourth-order valence-corrected chi connectivity index (χ4v) is 2.99. The van der Waals surface area contributed by atoms with E-state index >= 15 is 0 Å². The Kier molecular flexibility index (Phi) is 22.6. The Bertz CT molecular complexity index is 419. The Labute approximate surface area is 193 Å². The fraction of sp³-hybridized carbons (Fsp3) is 0.857. The first-order valence-electron chi connectivity index (χ1n) is 10.8. The van der Waals surface area contributed by atoms with Crippen molar-refractivity contribution in [2.75, 3.05) is 0 Å². The van der Waals surface area contributed by atoms with E-state index < -0.39 is 17.9 Å².